The van der Waals surface area contributed by atoms with Gasteiger partial charge < -0.3 is 19.5 Å². The Morgan fingerprint density at radius 3 is 2.52 bits per heavy atom. The number of methoxy groups -OCH3 is 1. The van der Waals surface area contributed by atoms with Crippen molar-refractivity contribution >= 4 is 11.6 Å². The SMILES string of the molecule is COc1cc([C@H]2CC[C@H](N3CCOCC3)CC2)ccc1Nc1ncc(-c2ccc(C#N)c(OC(C)Cn3cnnn3)c2)cn1. The van der Waals surface area contributed by atoms with Crippen LogP contribution in [0.1, 0.15) is 49.7 Å². The summed E-state index contributed by atoms with van der Waals surface area (Å²) in [4.78, 5) is 11.7. The molecule has 1 aliphatic heterocycles. The minimum Gasteiger partial charge on any atom is -0.495 e. The number of morpholine rings is 1. The molecule has 2 aromatic carbocycles. The van der Waals surface area contributed by atoms with Gasteiger partial charge in [0.15, 0.2) is 0 Å². The molecule has 2 aromatic heterocycles. The maximum Gasteiger partial charge on any atom is 0.227 e. The molecule has 3 heterocycles. The number of nitrogens with one attached hydrogen (secondary N) is 1. The first-order valence-corrected chi connectivity index (χ1v) is 15.1. The van der Waals surface area contributed by atoms with Crippen molar-refractivity contribution in [2.24, 2.45) is 0 Å². The van der Waals surface area contributed by atoms with Crippen LogP contribution in [-0.2, 0) is 11.3 Å². The number of hydrogen-bond donors (Lipinski definition) is 1. The predicted molar refractivity (Wildman–Crippen MR) is 164 cm³/mol. The molecule has 6 rings (SSSR count). The third kappa shape index (κ3) is 6.96. The summed E-state index contributed by atoms with van der Waals surface area (Å²) in [5, 5.41) is 24.1. The average Bonchev–Trinajstić information content (AvgIpc) is 3.58. The van der Waals surface area contributed by atoms with Crippen molar-refractivity contribution in [1.82, 2.24) is 35.1 Å². The van der Waals surface area contributed by atoms with E-state index >= 15 is 0 Å². The number of ether oxygens (including phenoxy) is 3. The molecule has 0 spiro atoms. The first kappa shape index (κ1) is 29.5. The highest BCUT2D eigenvalue weighted by molar-refractivity contribution is 5.68. The van der Waals surface area contributed by atoms with Crippen LogP contribution in [0, 0.1) is 11.3 Å². The van der Waals surface area contributed by atoms with Gasteiger partial charge in [0.25, 0.3) is 0 Å². The Kier molecular flexibility index (Phi) is 9.24. The van der Waals surface area contributed by atoms with Crippen molar-refractivity contribution < 1.29 is 14.2 Å². The summed E-state index contributed by atoms with van der Waals surface area (Å²) in [6.45, 7) is 6.17. The molecular weight excluding hydrogens is 558 g/mol. The molecule has 4 aromatic rings. The number of rotatable bonds is 10. The number of nitrogens with zero attached hydrogens (tertiary/aromatic N) is 8. The zero-order chi connectivity index (χ0) is 30.3. The van der Waals surface area contributed by atoms with E-state index in [-0.39, 0.29) is 6.10 Å². The Labute approximate surface area is 257 Å². The maximum atomic E-state index is 9.60. The number of hydrogen-bond acceptors (Lipinski definition) is 11. The van der Waals surface area contributed by atoms with Crippen LogP contribution < -0.4 is 14.8 Å². The second-order valence-electron chi connectivity index (χ2n) is 11.3. The van der Waals surface area contributed by atoms with Gasteiger partial charge in [0.2, 0.25) is 5.95 Å². The van der Waals surface area contributed by atoms with Gasteiger partial charge in [0.1, 0.15) is 30.0 Å². The van der Waals surface area contributed by atoms with E-state index in [1.807, 2.05) is 19.1 Å². The fourth-order valence-electron chi connectivity index (χ4n) is 6.12. The van der Waals surface area contributed by atoms with E-state index in [2.05, 4.69) is 60.0 Å². The minimum absolute atomic E-state index is 0.254. The summed E-state index contributed by atoms with van der Waals surface area (Å²) in [6.07, 6.45) is 9.58. The fraction of sp³-hybridized carbons (Fsp3) is 0.438. The van der Waals surface area contributed by atoms with E-state index in [1.54, 1.807) is 30.3 Å². The average molecular weight is 596 g/mol. The van der Waals surface area contributed by atoms with Crippen molar-refractivity contribution in [2.45, 2.75) is 57.2 Å². The normalized spacial score (nSPS) is 19.6. The number of aromatic nitrogens is 6. The zero-order valence-corrected chi connectivity index (χ0v) is 25.1. The molecule has 1 saturated carbocycles. The molecule has 1 atom stereocenters. The molecule has 0 amide bonds. The Balaban J connectivity index is 1.10. The molecule has 1 aliphatic carbocycles. The lowest BCUT2D eigenvalue weighted by Crippen LogP contribution is -2.44. The minimum atomic E-state index is -0.254. The Bertz CT molecular complexity index is 1560. The molecule has 12 nitrogen and oxygen atoms in total. The van der Waals surface area contributed by atoms with Gasteiger partial charge in [-0.2, -0.15) is 5.26 Å². The van der Waals surface area contributed by atoms with Crippen LogP contribution in [0.2, 0.25) is 0 Å². The molecule has 2 fully saturated rings. The molecule has 12 heteroatoms. The van der Waals surface area contributed by atoms with Crippen molar-refractivity contribution in [3.63, 3.8) is 0 Å². The monoisotopic (exact) mass is 595 g/mol. The molecule has 44 heavy (non-hydrogen) atoms. The first-order chi connectivity index (χ1) is 21.6. The summed E-state index contributed by atoms with van der Waals surface area (Å²) in [7, 11) is 1.69. The summed E-state index contributed by atoms with van der Waals surface area (Å²) in [6, 6.07) is 14.7. The molecule has 0 radical (unpaired) electrons. The summed E-state index contributed by atoms with van der Waals surface area (Å²) >= 11 is 0. The topological polar surface area (TPSA) is 136 Å². The van der Waals surface area contributed by atoms with Gasteiger partial charge in [-0.15, -0.1) is 5.10 Å². The second kappa shape index (κ2) is 13.8. The second-order valence-corrected chi connectivity index (χ2v) is 11.3. The number of nitriles is 1. The highest BCUT2D eigenvalue weighted by Crippen LogP contribution is 2.38. The van der Waals surface area contributed by atoms with Crippen LogP contribution in [0.15, 0.2) is 55.1 Å². The van der Waals surface area contributed by atoms with E-state index < -0.39 is 0 Å². The van der Waals surface area contributed by atoms with Crippen molar-refractivity contribution in [3.8, 4) is 28.7 Å². The van der Waals surface area contributed by atoms with Crippen LogP contribution in [0.25, 0.3) is 11.1 Å². The van der Waals surface area contributed by atoms with Gasteiger partial charge in [0, 0.05) is 37.1 Å². The van der Waals surface area contributed by atoms with Crippen LogP contribution in [-0.4, -0.2) is 80.6 Å². The van der Waals surface area contributed by atoms with Gasteiger partial charge in [-0.3, -0.25) is 4.90 Å². The Hall–Kier alpha value is -4.60. The Morgan fingerprint density at radius 1 is 1.02 bits per heavy atom. The maximum absolute atomic E-state index is 9.60. The van der Waals surface area contributed by atoms with Crippen molar-refractivity contribution in [3.05, 3.63) is 66.2 Å². The lowest BCUT2D eigenvalue weighted by atomic mass is 9.81. The van der Waals surface area contributed by atoms with Gasteiger partial charge in [-0.25, -0.2) is 14.6 Å². The summed E-state index contributed by atoms with van der Waals surface area (Å²) in [5.41, 5.74) is 4.21. The van der Waals surface area contributed by atoms with E-state index in [1.165, 1.54) is 37.6 Å². The van der Waals surface area contributed by atoms with Crippen LogP contribution in [0.5, 0.6) is 11.5 Å². The molecule has 1 saturated heterocycles. The van der Waals surface area contributed by atoms with E-state index in [9.17, 15) is 5.26 Å². The quantitative estimate of drug-likeness (QED) is 0.276. The Morgan fingerprint density at radius 2 is 1.82 bits per heavy atom. The molecule has 228 valence electrons. The first-order valence-electron chi connectivity index (χ1n) is 15.1. The van der Waals surface area contributed by atoms with E-state index in [0.717, 1.165) is 48.9 Å². The smallest absolute Gasteiger partial charge is 0.227 e. The van der Waals surface area contributed by atoms with Crippen LogP contribution in [0.4, 0.5) is 11.6 Å². The third-order valence-corrected chi connectivity index (χ3v) is 8.45. The lowest BCUT2D eigenvalue weighted by Gasteiger charge is -2.39. The van der Waals surface area contributed by atoms with Crippen LogP contribution in [0.3, 0.4) is 0 Å². The largest absolute Gasteiger partial charge is 0.495 e. The standard InChI is InChI=1S/C32H37N9O3/c1-22(20-41-21-36-38-39-41)44-30-15-25(3-4-26(30)17-33)27-18-34-32(35-19-27)37-29-10-7-24(16-31(29)42-2)23-5-8-28(9-6-23)40-11-13-43-14-12-40/h3-4,7,10,15-16,18-19,21-23,28H,5-6,8-9,11-14,20H2,1-2H3,(H,34,35,37)/t22?,23-,28-. The van der Waals surface area contributed by atoms with Gasteiger partial charge in [0.05, 0.1) is 38.1 Å². The molecular formula is C32H37N9O3. The highest BCUT2D eigenvalue weighted by Gasteiger charge is 2.28. The van der Waals surface area contributed by atoms with Crippen molar-refractivity contribution in [2.75, 3.05) is 38.7 Å². The summed E-state index contributed by atoms with van der Waals surface area (Å²) < 4.78 is 19.0. The molecule has 1 unspecified atom stereocenters. The fourth-order valence-corrected chi connectivity index (χ4v) is 6.12. The van der Waals surface area contributed by atoms with Gasteiger partial charge in [-0.1, -0.05) is 12.1 Å². The highest BCUT2D eigenvalue weighted by atomic mass is 16.5. The number of anilines is 2. The molecule has 2 aliphatic rings. The number of benzene rings is 2. The third-order valence-electron chi connectivity index (χ3n) is 8.45. The van der Waals surface area contributed by atoms with E-state index in [0.29, 0.717) is 35.8 Å². The molecule has 0 bridgehead atoms. The lowest BCUT2D eigenvalue weighted by molar-refractivity contribution is 0.00729. The predicted octanol–water partition coefficient (Wildman–Crippen LogP) is 4.58. The zero-order valence-electron chi connectivity index (χ0n) is 25.1. The van der Waals surface area contributed by atoms with Crippen LogP contribution >= 0.6 is 0 Å². The van der Waals surface area contributed by atoms with E-state index in [4.69, 9.17) is 14.2 Å². The van der Waals surface area contributed by atoms with Crippen molar-refractivity contribution in [1.29, 1.82) is 5.26 Å². The van der Waals surface area contributed by atoms with Gasteiger partial charge in [-0.05, 0) is 84.3 Å². The number of tetrazole rings is 1. The molecule has 1 N–H and O–H groups in total. The summed E-state index contributed by atoms with van der Waals surface area (Å²) in [5.74, 6) is 2.25. The van der Waals surface area contributed by atoms with Gasteiger partial charge >= 0.3 is 0 Å².